The minimum atomic E-state index is -0.0992. The Morgan fingerprint density at radius 2 is 2.41 bits per heavy atom. The Morgan fingerprint density at radius 1 is 1.53 bits per heavy atom. The molecule has 0 saturated heterocycles. The molecule has 2 rings (SSSR count). The first-order valence-electron chi connectivity index (χ1n) is 5.52. The first kappa shape index (κ1) is 11.6. The van der Waals surface area contributed by atoms with Crippen molar-refractivity contribution in [3.63, 3.8) is 0 Å². The van der Waals surface area contributed by atoms with Gasteiger partial charge in [-0.3, -0.25) is 4.79 Å². The van der Waals surface area contributed by atoms with Crippen LogP contribution in [0.4, 0.5) is 0 Å². The fraction of sp³-hybridized carbons (Fsp3) is 0.333. The van der Waals surface area contributed by atoms with Crippen molar-refractivity contribution >= 4 is 11.6 Å². The molecule has 0 radical (unpaired) electrons. The molecule has 90 valence electrons. The van der Waals surface area contributed by atoms with Crippen molar-refractivity contribution in [1.82, 2.24) is 14.7 Å². The Kier molecular flexibility index (Phi) is 3.72. The van der Waals surface area contributed by atoms with E-state index in [2.05, 4.69) is 10.3 Å². The Morgan fingerprint density at radius 3 is 3.24 bits per heavy atom. The molecule has 0 aromatic carbocycles. The molecule has 0 fully saturated rings. The Labute approximate surface area is 99.4 Å². The summed E-state index contributed by atoms with van der Waals surface area (Å²) in [6, 6.07) is 3.60. The summed E-state index contributed by atoms with van der Waals surface area (Å²) in [5.74, 6) is -0.0992. The maximum atomic E-state index is 11.9. The lowest BCUT2D eigenvalue weighted by Gasteiger charge is -2.05. The summed E-state index contributed by atoms with van der Waals surface area (Å²) in [5.41, 5.74) is 1.27. The van der Waals surface area contributed by atoms with E-state index in [1.54, 1.807) is 19.4 Å². The number of aromatic nitrogens is 2. The molecule has 0 unspecified atom stereocenters. The second kappa shape index (κ2) is 5.45. The van der Waals surface area contributed by atoms with Crippen LogP contribution in [0.1, 0.15) is 16.8 Å². The van der Waals surface area contributed by atoms with Crippen molar-refractivity contribution in [3.05, 3.63) is 36.3 Å². The van der Waals surface area contributed by atoms with Crippen molar-refractivity contribution in [2.24, 2.45) is 0 Å². The monoisotopic (exact) mass is 233 g/mol. The van der Waals surface area contributed by atoms with Crippen LogP contribution in [0, 0.1) is 0 Å². The normalized spacial score (nSPS) is 10.6. The van der Waals surface area contributed by atoms with Crippen LogP contribution in [0.25, 0.3) is 5.65 Å². The van der Waals surface area contributed by atoms with Crippen LogP contribution in [0.5, 0.6) is 0 Å². The molecule has 2 aromatic rings. The molecule has 0 atom stereocenters. The third-order valence-electron chi connectivity index (χ3n) is 2.47. The highest BCUT2D eigenvalue weighted by molar-refractivity contribution is 5.99. The van der Waals surface area contributed by atoms with Crippen molar-refractivity contribution in [2.45, 2.75) is 6.42 Å². The van der Waals surface area contributed by atoms with Crippen molar-refractivity contribution < 1.29 is 9.53 Å². The second-order valence-corrected chi connectivity index (χ2v) is 3.68. The van der Waals surface area contributed by atoms with Gasteiger partial charge in [0.15, 0.2) is 0 Å². The molecule has 1 amide bonds. The van der Waals surface area contributed by atoms with Crippen LogP contribution in [0.2, 0.25) is 0 Å². The van der Waals surface area contributed by atoms with Gasteiger partial charge >= 0.3 is 0 Å². The molecular formula is C12H15N3O2. The van der Waals surface area contributed by atoms with Gasteiger partial charge in [-0.1, -0.05) is 0 Å². The van der Waals surface area contributed by atoms with Crippen LogP contribution in [0.15, 0.2) is 30.7 Å². The lowest BCUT2D eigenvalue weighted by molar-refractivity contribution is 0.0949. The molecule has 2 aromatic heterocycles. The number of rotatable bonds is 5. The molecule has 1 N–H and O–H groups in total. The summed E-state index contributed by atoms with van der Waals surface area (Å²) in [4.78, 5) is 16.1. The van der Waals surface area contributed by atoms with Gasteiger partial charge in [0.2, 0.25) is 0 Å². The molecule has 2 heterocycles. The Balaban J connectivity index is 2.06. The van der Waals surface area contributed by atoms with E-state index in [9.17, 15) is 4.79 Å². The zero-order chi connectivity index (χ0) is 12.1. The van der Waals surface area contributed by atoms with E-state index in [1.807, 2.05) is 22.9 Å². The SMILES string of the molecule is COCCCNC(=O)c1cccn2ccnc12. The molecule has 0 saturated carbocycles. The Hall–Kier alpha value is -1.88. The highest BCUT2D eigenvalue weighted by Crippen LogP contribution is 2.08. The zero-order valence-corrected chi connectivity index (χ0v) is 9.72. The van der Waals surface area contributed by atoms with Crippen molar-refractivity contribution in [1.29, 1.82) is 0 Å². The molecule has 5 heteroatoms. The molecule has 17 heavy (non-hydrogen) atoms. The molecule has 0 aliphatic heterocycles. The largest absolute Gasteiger partial charge is 0.385 e. The van der Waals surface area contributed by atoms with Gasteiger partial charge < -0.3 is 14.5 Å². The Bertz CT molecular complexity index is 507. The number of nitrogens with zero attached hydrogens (tertiary/aromatic N) is 2. The van der Waals surface area contributed by atoms with Crippen LogP contribution < -0.4 is 5.32 Å². The smallest absolute Gasteiger partial charge is 0.255 e. The number of pyridine rings is 1. The number of hydrogen-bond acceptors (Lipinski definition) is 3. The number of fused-ring (bicyclic) bond motifs is 1. The van der Waals surface area contributed by atoms with Gasteiger partial charge in [0.1, 0.15) is 5.65 Å². The topological polar surface area (TPSA) is 55.6 Å². The number of methoxy groups -OCH3 is 1. The highest BCUT2D eigenvalue weighted by atomic mass is 16.5. The van der Waals surface area contributed by atoms with Crippen molar-refractivity contribution in [2.75, 3.05) is 20.3 Å². The van der Waals surface area contributed by atoms with E-state index in [0.29, 0.717) is 24.4 Å². The molecule has 0 aliphatic carbocycles. The first-order valence-corrected chi connectivity index (χ1v) is 5.52. The van der Waals surface area contributed by atoms with E-state index in [1.165, 1.54) is 0 Å². The van der Waals surface area contributed by atoms with Gasteiger partial charge in [0.25, 0.3) is 5.91 Å². The molecule has 0 bridgehead atoms. The van der Waals surface area contributed by atoms with Gasteiger partial charge in [-0.25, -0.2) is 4.98 Å². The number of ether oxygens (including phenoxy) is 1. The average Bonchev–Trinajstić information content (AvgIpc) is 2.82. The van der Waals surface area contributed by atoms with Crippen LogP contribution >= 0.6 is 0 Å². The third-order valence-corrected chi connectivity index (χ3v) is 2.47. The number of carbonyl (C=O) groups excluding carboxylic acids is 1. The van der Waals surface area contributed by atoms with E-state index in [4.69, 9.17) is 4.74 Å². The summed E-state index contributed by atoms with van der Waals surface area (Å²) in [5, 5.41) is 2.84. The third kappa shape index (κ3) is 2.62. The number of carbonyl (C=O) groups is 1. The fourth-order valence-electron chi connectivity index (χ4n) is 1.64. The van der Waals surface area contributed by atoms with Crippen LogP contribution in [-0.4, -0.2) is 35.6 Å². The number of nitrogens with one attached hydrogen (secondary N) is 1. The van der Waals surface area contributed by atoms with E-state index >= 15 is 0 Å². The zero-order valence-electron chi connectivity index (χ0n) is 9.72. The quantitative estimate of drug-likeness (QED) is 0.787. The lowest BCUT2D eigenvalue weighted by Crippen LogP contribution is -2.25. The molecule has 0 aliphatic rings. The number of hydrogen-bond donors (Lipinski definition) is 1. The predicted molar refractivity (Wildman–Crippen MR) is 64.0 cm³/mol. The average molecular weight is 233 g/mol. The van der Waals surface area contributed by atoms with Crippen molar-refractivity contribution in [3.8, 4) is 0 Å². The van der Waals surface area contributed by atoms with E-state index in [-0.39, 0.29) is 5.91 Å². The summed E-state index contributed by atoms with van der Waals surface area (Å²) < 4.78 is 6.74. The standard InChI is InChI=1S/C12H15N3O2/c1-17-9-3-5-14-12(16)10-4-2-7-15-8-6-13-11(10)15/h2,4,6-8H,3,5,9H2,1H3,(H,14,16). The maximum Gasteiger partial charge on any atom is 0.255 e. The summed E-state index contributed by atoms with van der Waals surface area (Å²) >= 11 is 0. The van der Waals surface area contributed by atoms with Gasteiger partial charge in [-0.2, -0.15) is 0 Å². The molecule has 5 nitrogen and oxygen atoms in total. The highest BCUT2D eigenvalue weighted by Gasteiger charge is 2.10. The predicted octanol–water partition coefficient (Wildman–Crippen LogP) is 1.10. The molecular weight excluding hydrogens is 218 g/mol. The lowest BCUT2D eigenvalue weighted by atomic mass is 10.2. The molecule has 0 spiro atoms. The van der Waals surface area contributed by atoms with Gasteiger partial charge in [0, 0.05) is 38.9 Å². The number of amides is 1. The minimum absolute atomic E-state index is 0.0992. The maximum absolute atomic E-state index is 11.9. The van der Waals surface area contributed by atoms with Gasteiger partial charge in [0.05, 0.1) is 5.56 Å². The van der Waals surface area contributed by atoms with Crippen LogP contribution in [-0.2, 0) is 4.74 Å². The number of imidazole rings is 1. The van der Waals surface area contributed by atoms with Crippen LogP contribution in [0.3, 0.4) is 0 Å². The van der Waals surface area contributed by atoms with Gasteiger partial charge in [-0.05, 0) is 18.6 Å². The summed E-state index contributed by atoms with van der Waals surface area (Å²) in [7, 11) is 1.65. The second-order valence-electron chi connectivity index (χ2n) is 3.68. The summed E-state index contributed by atoms with van der Waals surface area (Å²) in [6.45, 7) is 1.25. The summed E-state index contributed by atoms with van der Waals surface area (Å²) in [6.07, 6.45) is 6.16. The van der Waals surface area contributed by atoms with E-state index in [0.717, 1.165) is 6.42 Å². The van der Waals surface area contributed by atoms with E-state index < -0.39 is 0 Å². The first-order chi connectivity index (χ1) is 8.33. The minimum Gasteiger partial charge on any atom is -0.385 e. The van der Waals surface area contributed by atoms with Gasteiger partial charge in [-0.15, -0.1) is 0 Å². The fourth-order valence-corrected chi connectivity index (χ4v) is 1.64.